The van der Waals surface area contributed by atoms with E-state index in [-0.39, 0.29) is 18.0 Å². The van der Waals surface area contributed by atoms with Crippen molar-refractivity contribution in [1.29, 1.82) is 0 Å². The second kappa shape index (κ2) is 10.5. The average molecular weight is 501 g/mol. The summed E-state index contributed by atoms with van der Waals surface area (Å²) in [5, 5.41) is 8.04. The summed E-state index contributed by atoms with van der Waals surface area (Å²) in [6.45, 7) is 3.54. The SMILES string of the molecule is C=CC(=O)N[C@@H]1CCCC[C@@H]1Nc1ncc2cc(-c3c(Cl)c(OC)cc(OC)c3Cl)ccc2n1. The summed E-state index contributed by atoms with van der Waals surface area (Å²) in [4.78, 5) is 21.0. The summed E-state index contributed by atoms with van der Waals surface area (Å²) < 4.78 is 10.8. The molecule has 2 N–H and O–H groups in total. The quantitative estimate of drug-likeness (QED) is 0.408. The van der Waals surface area contributed by atoms with Crippen molar-refractivity contribution in [2.24, 2.45) is 0 Å². The first-order valence-corrected chi connectivity index (χ1v) is 11.8. The van der Waals surface area contributed by atoms with E-state index in [0.717, 1.165) is 42.1 Å². The van der Waals surface area contributed by atoms with E-state index in [4.69, 9.17) is 32.7 Å². The van der Waals surface area contributed by atoms with E-state index in [0.29, 0.717) is 33.1 Å². The number of fused-ring (bicyclic) bond motifs is 1. The molecule has 0 unspecified atom stereocenters. The number of hydrogen-bond acceptors (Lipinski definition) is 6. The van der Waals surface area contributed by atoms with Gasteiger partial charge in [-0.2, -0.15) is 0 Å². The lowest BCUT2D eigenvalue weighted by atomic mass is 9.90. The third kappa shape index (κ3) is 4.91. The number of amides is 1. The molecule has 9 heteroatoms. The lowest BCUT2D eigenvalue weighted by Crippen LogP contribution is -2.48. The molecule has 4 rings (SSSR count). The van der Waals surface area contributed by atoms with Crippen molar-refractivity contribution in [3.63, 3.8) is 0 Å². The molecule has 7 nitrogen and oxygen atoms in total. The highest BCUT2D eigenvalue weighted by molar-refractivity contribution is 6.41. The molecule has 2 atom stereocenters. The molecule has 1 saturated carbocycles. The van der Waals surface area contributed by atoms with Gasteiger partial charge in [0, 0.05) is 35.3 Å². The third-order valence-electron chi connectivity index (χ3n) is 6.04. The van der Waals surface area contributed by atoms with Crippen molar-refractivity contribution in [1.82, 2.24) is 15.3 Å². The molecule has 34 heavy (non-hydrogen) atoms. The van der Waals surface area contributed by atoms with Crippen LogP contribution in [0.4, 0.5) is 5.95 Å². The van der Waals surface area contributed by atoms with Crippen LogP contribution in [-0.2, 0) is 4.79 Å². The van der Waals surface area contributed by atoms with E-state index in [1.807, 2.05) is 18.2 Å². The minimum Gasteiger partial charge on any atom is -0.495 e. The number of nitrogens with one attached hydrogen (secondary N) is 2. The molecule has 178 valence electrons. The standard InChI is InChI=1S/C25H26Cl2N4O3/c1-4-21(32)29-17-7-5-6-8-18(17)31-25-28-13-15-11-14(9-10-16(15)30-25)22-23(26)19(33-2)12-20(34-3)24(22)27/h4,9-13,17-18H,1,5-8H2,2-3H3,(H,29,32)(H,28,30,31)/t17-,18+/m1/s1. The number of benzene rings is 2. The van der Waals surface area contributed by atoms with Gasteiger partial charge in [0.25, 0.3) is 0 Å². The molecule has 0 radical (unpaired) electrons. The van der Waals surface area contributed by atoms with Crippen molar-refractivity contribution in [3.8, 4) is 22.6 Å². The monoisotopic (exact) mass is 500 g/mol. The Labute approximate surface area is 208 Å². The molecule has 0 spiro atoms. The fourth-order valence-corrected chi connectivity index (χ4v) is 5.00. The topological polar surface area (TPSA) is 85.4 Å². The van der Waals surface area contributed by atoms with Gasteiger partial charge in [0.2, 0.25) is 11.9 Å². The number of rotatable bonds is 7. The second-order valence-corrected chi connectivity index (χ2v) is 8.86. The summed E-state index contributed by atoms with van der Waals surface area (Å²) in [7, 11) is 3.08. The summed E-state index contributed by atoms with van der Waals surface area (Å²) in [6, 6.07) is 7.45. The zero-order valence-corrected chi connectivity index (χ0v) is 20.5. The number of halogens is 2. The van der Waals surface area contributed by atoms with Gasteiger partial charge in [0.05, 0.1) is 29.8 Å². The maximum absolute atomic E-state index is 11.8. The maximum Gasteiger partial charge on any atom is 0.243 e. The van der Waals surface area contributed by atoms with E-state index >= 15 is 0 Å². The highest BCUT2D eigenvalue weighted by Gasteiger charge is 2.26. The average Bonchev–Trinajstić information content (AvgIpc) is 2.85. The Morgan fingerprint density at radius 2 is 1.76 bits per heavy atom. The van der Waals surface area contributed by atoms with Crippen molar-refractivity contribution in [3.05, 3.63) is 53.2 Å². The molecule has 0 bridgehead atoms. The number of ether oxygens (including phenoxy) is 2. The van der Waals surface area contributed by atoms with Crippen LogP contribution in [0.15, 0.2) is 43.1 Å². The van der Waals surface area contributed by atoms with E-state index < -0.39 is 0 Å². The molecule has 0 saturated heterocycles. The fraction of sp³-hybridized carbons (Fsp3) is 0.320. The van der Waals surface area contributed by atoms with Crippen LogP contribution >= 0.6 is 23.2 Å². The third-order valence-corrected chi connectivity index (χ3v) is 6.79. The molecule has 1 amide bonds. The van der Waals surface area contributed by atoms with Crippen LogP contribution in [0.1, 0.15) is 25.7 Å². The van der Waals surface area contributed by atoms with Crippen LogP contribution in [0, 0.1) is 0 Å². The molecule has 1 fully saturated rings. The summed E-state index contributed by atoms with van der Waals surface area (Å²) in [5.41, 5.74) is 2.18. The van der Waals surface area contributed by atoms with Gasteiger partial charge in [0.1, 0.15) is 11.5 Å². The van der Waals surface area contributed by atoms with Crippen molar-refractivity contribution in [2.45, 2.75) is 37.8 Å². The summed E-state index contributed by atoms with van der Waals surface area (Å²) in [5.74, 6) is 1.29. The van der Waals surface area contributed by atoms with Gasteiger partial charge >= 0.3 is 0 Å². The van der Waals surface area contributed by atoms with E-state index in [1.54, 1.807) is 26.5 Å². The van der Waals surface area contributed by atoms with Crippen molar-refractivity contribution < 1.29 is 14.3 Å². The van der Waals surface area contributed by atoms with Crippen LogP contribution in [-0.4, -0.2) is 42.2 Å². The Balaban J connectivity index is 1.63. The van der Waals surface area contributed by atoms with Gasteiger partial charge in [-0.15, -0.1) is 0 Å². The van der Waals surface area contributed by atoms with Crippen LogP contribution in [0.5, 0.6) is 11.5 Å². The lowest BCUT2D eigenvalue weighted by molar-refractivity contribution is -0.117. The number of carbonyl (C=O) groups is 1. The van der Waals surface area contributed by atoms with Gasteiger partial charge in [0.15, 0.2) is 0 Å². The number of carbonyl (C=O) groups excluding carboxylic acids is 1. The summed E-state index contributed by atoms with van der Waals surface area (Å²) in [6.07, 6.45) is 7.04. The van der Waals surface area contributed by atoms with Gasteiger partial charge in [-0.25, -0.2) is 9.97 Å². The first-order valence-electron chi connectivity index (χ1n) is 11.0. The van der Waals surface area contributed by atoms with E-state index in [1.165, 1.54) is 6.08 Å². The normalized spacial score (nSPS) is 17.8. The lowest BCUT2D eigenvalue weighted by Gasteiger charge is -2.32. The number of aromatic nitrogens is 2. The summed E-state index contributed by atoms with van der Waals surface area (Å²) >= 11 is 13.2. The molecule has 1 aliphatic carbocycles. The van der Waals surface area contributed by atoms with Crippen LogP contribution < -0.4 is 20.1 Å². The molecule has 1 aromatic heterocycles. The van der Waals surface area contributed by atoms with Gasteiger partial charge in [-0.3, -0.25) is 4.79 Å². The number of hydrogen-bond donors (Lipinski definition) is 2. The van der Waals surface area contributed by atoms with Crippen LogP contribution in [0.25, 0.3) is 22.0 Å². The van der Waals surface area contributed by atoms with Crippen molar-refractivity contribution >= 4 is 46.0 Å². The molecular formula is C25H26Cl2N4O3. The molecular weight excluding hydrogens is 475 g/mol. The van der Waals surface area contributed by atoms with E-state index in [9.17, 15) is 4.79 Å². The zero-order chi connectivity index (χ0) is 24.2. The van der Waals surface area contributed by atoms with Crippen LogP contribution in [0.2, 0.25) is 10.0 Å². The molecule has 0 aliphatic heterocycles. The van der Waals surface area contributed by atoms with E-state index in [2.05, 4.69) is 27.2 Å². The predicted molar refractivity (Wildman–Crippen MR) is 136 cm³/mol. The minimum absolute atomic E-state index is 0.00764. The Hall–Kier alpha value is -3.03. The second-order valence-electron chi connectivity index (χ2n) is 8.11. The molecule has 3 aromatic rings. The zero-order valence-electron chi connectivity index (χ0n) is 19.0. The molecule has 1 heterocycles. The van der Waals surface area contributed by atoms with Crippen molar-refractivity contribution in [2.75, 3.05) is 19.5 Å². The van der Waals surface area contributed by atoms with Gasteiger partial charge in [-0.1, -0.05) is 48.7 Å². The fourth-order valence-electron chi connectivity index (χ4n) is 4.28. The number of methoxy groups -OCH3 is 2. The van der Waals surface area contributed by atoms with Crippen LogP contribution in [0.3, 0.4) is 0 Å². The largest absolute Gasteiger partial charge is 0.495 e. The highest BCUT2D eigenvalue weighted by atomic mass is 35.5. The first kappa shape index (κ1) is 24.1. The Morgan fingerprint density at radius 1 is 1.09 bits per heavy atom. The minimum atomic E-state index is -0.169. The predicted octanol–water partition coefficient (Wildman–Crippen LogP) is 5.65. The Bertz CT molecular complexity index is 1210. The molecule has 1 aliphatic rings. The Morgan fingerprint density at radius 3 is 2.41 bits per heavy atom. The number of anilines is 1. The number of nitrogens with zero attached hydrogens (tertiary/aromatic N) is 2. The highest BCUT2D eigenvalue weighted by Crippen LogP contribution is 2.46. The van der Waals surface area contributed by atoms with Gasteiger partial charge < -0.3 is 20.1 Å². The first-order chi connectivity index (χ1) is 16.4. The smallest absolute Gasteiger partial charge is 0.243 e. The van der Waals surface area contributed by atoms with Gasteiger partial charge in [-0.05, 0) is 36.6 Å². The maximum atomic E-state index is 11.8. The Kier molecular flexibility index (Phi) is 7.44. The molecule has 2 aromatic carbocycles.